The summed E-state index contributed by atoms with van der Waals surface area (Å²) in [5.74, 6) is -1.59. The largest absolute Gasteiger partial charge is 0.308 e. The van der Waals surface area contributed by atoms with Crippen LogP contribution in [-0.4, -0.2) is 27.2 Å². The fraction of sp³-hybridized carbons (Fsp3) is 0.350. The Hall–Kier alpha value is -2.83. The first-order valence-corrected chi connectivity index (χ1v) is 9.01. The number of hydrogen-bond acceptors (Lipinski definition) is 3. The molecule has 140 valence electrons. The normalized spacial score (nSPS) is 14.1. The molecular weight excluding hydrogens is 350 g/mol. The molecule has 3 heterocycles. The van der Waals surface area contributed by atoms with E-state index in [2.05, 4.69) is 10.1 Å². The van der Waals surface area contributed by atoms with Crippen molar-refractivity contribution in [2.45, 2.75) is 39.7 Å². The number of aryl methyl sites for hydroxylation is 1. The molecule has 2 aromatic heterocycles. The number of halogens is 2. The molecule has 1 aliphatic heterocycles. The van der Waals surface area contributed by atoms with Crippen LogP contribution >= 0.6 is 0 Å². The molecule has 27 heavy (non-hydrogen) atoms. The molecule has 0 saturated carbocycles. The van der Waals surface area contributed by atoms with Crippen LogP contribution in [0.3, 0.4) is 0 Å². The Bertz CT molecular complexity index is 1060. The number of fused-ring (bicyclic) bond motifs is 2. The first-order chi connectivity index (χ1) is 12.9. The molecule has 1 aliphatic rings. The summed E-state index contributed by atoms with van der Waals surface area (Å²) in [4.78, 5) is 19.2. The van der Waals surface area contributed by atoms with E-state index in [1.807, 2.05) is 13.8 Å². The van der Waals surface area contributed by atoms with Gasteiger partial charge in [0.2, 0.25) is 0 Å². The molecular formula is C20H20F2N4O. The number of rotatable bonds is 2. The lowest BCUT2D eigenvalue weighted by atomic mass is 9.99. The Labute approximate surface area is 155 Å². The second-order valence-electron chi connectivity index (χ2n) is 7.16. The van der Waals surface area contributed by atoms with Crippen molar-refractivity contribution in [3.8, 4) is 0 Å². The summed E-state index contributed by atoms with van der Waals surface area (Å²) in [6.07, 6.45) is 2.80. The fourth-order valence-electron chi connectivity index (χ4n) is 3.63. The molecule has 0 spiro atoms. The lowest BCUT2D eigenvalue weighted by Crippen LogP contribution is -2.36. The second-order valence-corrected chi connectivity index (χ2v) is 7.16. The van der Waals surface area contributed by atoms with Crippen molar-refractivity contribution in [3.05, 3.63) is 52.9 Å². The highest BCUT2D eigenvalue weighted by Gasteiger charge is 2.28. The minimum absolute atomic E-state index is 0.149. The van der Waals surface area contributed by atoms with Crippen molar-refractivity contribution in [1.82, 2.24) is 14.8 Å². The molecule has 0 aliphatic carbocycles. The number of aromatic nitrogens is 3. The van der Waals surface area contributed by atoms with Crippen LogP contribution in [0.4, 0.5) is 14.5 Å². The third kappa shape index (κ3) is 2.87. The van der Waals surface area contributed by atoms with E-state index in [0.29, 0.717) is 41.9 Å². The zero-order valence-corrected chi connectivity index (χ0v) is 15.5. The van der Waals surface area contributed by atoms with Gasteiger partial charge in [0.1, 0.15) is 11.6 Å². The molecule has 0 unspecified atom stereocenters. The molecule has 0 bridgehead atoms. The number of carbonyl (C=O) groups excluding carboxylic acids is 1. The van der Waals surface area contributed by atoms with Gasteiger partial charge in [-0.2, -0.15) is 5.10 Å². The molecule has 1 amide bonds. The predicted molar refractivity (Wildman–Crippen MR) is 99.0 cm³/mol. The Morgan fingerprint density at radius 2 is 2.00 bits per heavy atom. The predicted octanol–water partition coefficient (Wildman–Crippen LogP) is 4.19. The van der Waals surface area contributed by atoms with Crippen LogP contribution in [0.2, 0.25) is 0 Å². The minimum atomic E-state index is -0.686. The molecule has 0 N–H and O–H groups in total. The van der Waals surface area contributed by atoms with Crippen LogP contribution in [-0.2, 0) is 6.42 Å². The summed E-state index contributed by atoms with van der Waals surface area (Å²) in [6.45, 7) is 6.20. The number of amides is 1. The van der Waals surface area contributed by atoms with Crippen molar-refractivity contribution in [1.29, 1.82) is 0 Å². The van der Waals surface area contributed by atoms with Gasteiger partial charge in [0, 0.05) is 29.6 Å². The molecule has 0 atom stereocenters. The van der Waals surface area contributed by atoms with E-state index in [4.69, 9.17) is 0 Å². The van der Waals surface area contributed by atoms with Gasteiger partial charge in [-0.3, -0.25) is 4.79 Å². The van der Waals surface area contributed by atoms with E-state index in [-0.39, 0.29) is 11.9 Å². The van der Waals surface area contributed by atoms with E-state index < -0.39 is 11.6 Å². The highest BCUT2D eigenvalue weighted by atomic mass is 19.1. The summed E-state index contributed by atoms with van der Waals surface area (Å²) < 4.78 is 29.7. The number of nitrogens with zero attached hydrogens (tertiary/aromatic N) is 4. The summed E-state index contributed by atoms with van der Waals surface area (Å²) >= 11 is 0. The summed E-state index contributed by atoms with van der Waals surface area (Å²) in [5, 5.41) is 5.10. The number of carbonyl (C=O) groups is 1. The third-order valence-electron chi connectivity index (χ3n) is 4.96. The van der Waals surface area contributed by atoms with E-state index in [9.17, 15) is 13.6 Å². The quantitative estimate of drug-likeness (QED) is 0.680. The summed E-state index contributed by atoms with van der Waals surface area (Å²) in [7, 11) is 0. The van der Waals surface area contributed by atoms with Gasteiger partial charge >= 0.3 is 0 Å². The first-order valence-electron chi connectivity index (χ1n) is 9.01. The summed E-state index contributed by atoms with van der Waals surface area (Å²) in [5.41, 5.74) is 2.40. The van der Waals surface area contributed by atoms with E-state index in [0.717, 1.165) is 17.1 Å². The molecule has 3 aromatic rings. The average Bonchev–Trinajstić information content (AvgIpc) is 3.02. The number of pyridine rings is 1. The van der Waals surface area contributed by atoms with Gasteiger partial charge < -0.3 is 4.90 Å². The van der Waals surface area contributed by atoms with Gasteiger partial charge in [-0.1, -0.05) is 0 Å². The molecule has 0 radical (unpaired) electrons. The van der Waals surface area contributed by atoms with Gasteiger partial charge in [-0.05, 0) is 45.7 Å². The maximum atomic E-state index is 14.1. The molecule has 5 nitrogen and oxygen atoms in total. The van der Waals surface area contributed by atoms with E-state index in [1.165, 1.54) is 11.0 Å². The lowest BCUT2D eigenvalue weighted by molar-refractivity contribution is 0.0984. The Balaban J connectivity index is 1.80. The van der Waals surface area contributed by atoms with Crippen LogP contribution in [0.5, 0.6) is 0 Å². The number of benzene rings is 1. The average molecular weight is 370 g/mol. The van der Waals surface area contributed by atoms with Gasteiger partial charge in [-0.25, -0.2) is 18.4 Å². The Morgan fingerprint density at radius 3 is 2.74 bits per heavy atom. The van der Waals surface area contributed by atoms with Crippen LogP contribution in [0.25, 0.3) is 11.0 Å². The van der Waals surface area contributed by atoms with Gasteiger partial charge in [0.25, 0.3) is 5.91 Å². The zero-order valence-electron chi connectivity index (χ0n) is 15.5. The van der Waals surface area contributed by atoms with Crippen molar-refractivity contribution in [2.75, 3.05) is 11.4 Å². The molecule has 0 fully saturated rings. The third-order valence-corrected chi connectivity index (χ3v) is 4.96. The summed E-state index contributed by atoms with van der Waals surface area (Å²) in [6, 6.07) is 4.01. The lowest BCUT2D eigenvalue weighted by Gasteiger charge is -2.30. The Kier molecular flexibility index (Phi) is 4.17. The minimum Gasteiger partial charge on any atom is -0.308 e. The first kappa shape index (κ1) is 17.6. The maximum Gasteiger partial charge on any atom is 0.260 e. The molecule has 1 aromatic carbocycles. The Morgan fingerprint density at radius 1 is 1.22 bits per heavy atom. The fourth-order valence-corrected chi connectivity index (χ4v) is 3.63. The van der Waals surface area contributed by atoms with Crippen LogP contribution < -0.4 is 4.90 Å². The van der Waals surface area contributed by atoms with Crippen LogP contribution in [0.15, 0.2) is 24.4 Å². The number of anilines is 1. The maximum absolute atomic E-state index is 14.1. The monoisotopic (exact) mass is 370 g/mol. The molecule has 7 heteroatoms. The van der Waals surface area contributed by atoms with E-state index in [1.54, 1.807) is 23.9 Å². The SMILES string of the molecule is Cc1nc2c(cnn2C(C)C)cc1C(=O)N1CCCc2c(F)cc(F)cc21. The van der Waals surface area contributed by atoms with Crippen LogP contribution in [0.1, 0.15) is 47.9 Å². The van der Waals surface area contributed by atoms with Crippen molar-refractivity contribution in [3.63, 3.8) is 0 Å². The standard InChI is InChI=1S/C20H20F2N4O/c1-11(2)26-19-13(10-23-26)7-16(12(3)24-19)20(27)25-6-4-5-15-17(22)8-14(21)9-18(15)25/h7-11H,4-6H2,1-3H3. The topological polar surface area (TPSA) is 51.0 Å². The van der Waals surface area contributed by atoms with Crippen molar-refractivity contribution < 1.29 is 13.6 Å². The second kappa shape index (κ2) is 6.40. The highest BCUT2D eigenvalue weighted by Crippen LogP contribution is 2.32. The molecule has 4 rings (SSSR count). The smallest absolute Gasteiger partial charge is 0.260 e. The van der Waals surface area contributed by atoms with Crippen LogP contribution in [0, 0.1) is 18.6 Å². The van der Waals surface area contributed by atoms with Gasteiger partial charge in [-0.15, -0.1) is 0 Å². The van der Waals surface area contributed by atoms with Crippen molar-refractivity contribution in [2.24, 2.45) is 0 Å². The zero-order chi connectivity index (χ0) is 19.3. The van der Waals surface area contributed by atoms with Gasteiger partial charge in [0.05, 0.1) is 23.1 Å². The van der Waals surface area contributed by atoms with Crippen molar-refractivity contribution >= 4 is 22.6 Å². The number of hydrogen-bond donors (Lipinski definition) is 0. The molecule has 0 saturated heterocycles. The van der Waals surface area contributed by atoms with E-state index >= 15 is 0 Å². The van der Waals surface area contributed by atoms with Gasteiger partial charge in [0.15, 0.2) is 5.65 Å². The highest BCUT2D eigenvalue weighted by molar-refractivity contribution is 6.08.